The van der Waals surface area contributed by atoms with E-state index in [4.69, 9.17) is 9.97 Å². The van der Waals surface area contributed by atoms with E-state index in [0.29, 0.717) is 11.1 Å². The molecule has 5 heterocycles. The van der Waals surface area contributed by atoms with Crippen LogP contribution in [0.4, 0.5) is 21.5 Å². The highest BCUT2D eigenvalue weighted by molar-refractivity contribution is 6.19. The van der Waals surface area contributed by atoms with Crippen molar-refractivity contribution in [2.75, 3.05) is 4.90 Å². The molecular formula is C48H34FN5. The molecule has 6 heteroatoms. The van der Waals surface area contributed by atoms with Gasteiger partial charge in [0.25, 0.3) is 0 Å². The fourth-order valence-corrected chi connectivity index (χ4v) is 9.16. The second kappa shape index (κ2) is 11.4. The Labute approximate surface area is 311 Å². The summed E-state index contributed by atoms with van der Waals surface area (Å²) in [5.74, 6) is 0.783. The number of alkyl halides is 1. The minimum atomic E-state index is -1.45. The maximum Gasteiger partial charge on any atom is 0.151 e. The quantitative estimate of drug-likeness (QED) is 0.172. The van der Waals surface area contributed by atoms with Crippen molar-refractivity contribution in [1.29, 1.82) is 0 Å². The predicted octanol–water partition coefficient (Wildman–Crippen LogP) is 12.3. The summed E-state index contributed by atoms with van der Waals surface area (Å²) in [5.41, 5.74) is 9.70. The van der Waals surface area contributed by atoms with Gasteiger partial charge < -0.3 is 4.90 Å². The van der Waals surface area contributed by atoms with Crippen LogP contribution < -0.4 is 4.90 Å². The molecular weight excluding hydrogens is 666 g/mol. The van der Waals surface area contributed by atoms with Gasteiger partial charge in [-0.05, 0) is 82.2 Å². The van der Waals surface area contributed by atoms with Crippen LogP contribution in [0.2, 0.25) is 0 Å². The average molecular weight is 700 g/mol. The molecule has 5 nitrogen and oxygen atoms in total. The van der Waals surface area contributed by atoms with Crippen LogP contribution in [-0.2, 0) is 5.41 Å². The van der Waals surface area contributed by atoms with Gasteiger partial charge in [-0.3, -0.25) is 8.97 Å². The Hall–Kier alpha value is -6.79. The number of benzene rings is 6. The summed E-state index contributed by atoms with van der Waals surface area (Å²) in [6, 6.07) is 50.0. The first kappa shape index (κ1) is 30.8. The van der Waals surface area contributed by atoms with E-state index >= 15 is 4.39 Å². The molecule has 54 heavy (non-hydrogen) atoms. The van der Waals surface area contributed by atoms with Crippen LogP contribution >= 0.6 is 0 Å². The lowest BCUT2D eigenvalue weighted by molar-refractivity contribution is 0.395. The maximum atomic E-state index is 18.3. The van der Waals surface area contributed by atoms with Crippen molar-refractivity contribution in [2.45, 2.75) is 25.4 Å². The number of hydrogen-bond donors (Lipinski definition) is 0. The Morgan fingerprint density at radius 3 is 2.19 bits per heavy atom. The number of pyridine rings is 2. The highest BCUT2D eigenvalue weighted by Crippen LogP contribution is 2.58. The molecule has 1 unspecified atom stereocenters. The van der Waals surface area contributed by atoms with E-state index in [2.05, 4.69) is 131 Å². The van der Waals surface area contributed by atoms with E-state index < -0.39 is 11.6 Å². The van der Waals surface area contributed by atoms with E-state index in [0.717, 1.165) is 83.1 Å². The highest BCUT2D eigenvalue weighted by Gasteiger charge is 2.42. The Bertz CT molecular complexity index is 3110. The predicted molar refractivity (Wildman–Crippen MR) is 219 cm³/mol. The van der Waals surface area contributed by atoms with Crippen molar-refractivity contribution >= 4 is 66.2 Å². The Kier molecular flexibility index (Phi) is 6.48. The Morgan fingerprint density at radius 1 is 0.611 bits per heavy atom. The molecule has 1 aliphatic heterocycles. The minimum Gasteiger partial charge on any atom is -0.309 e. The van der Waals surface area contributed by atoms with Crippen LogP contribution in [0.1, 0.15) is 42.3 Å². The molecule has 10 aromatic rings. The Balaban J connectivity index is 1.28. The van der Waals surface area contributed by atoms with Crippen LogP contribution in [-0.4, -0.2) is 18.9 Å². The van der Waals surface area contributed by atoms with Gasteiger partial charge in [0.05, 0.1) is 27.9 Å². The van der Waals surface area contributed by atoms with Crippen molar-refractivity contribution in [3.8, 4) is 5.82 Å². The normalized spacial score (nSPS) is 14.2. The zero-order valence-corrected chi connectivity index (χ0v) is 29.8. The third-order valence-electron chi connectivity index (χ3n) is 11.5. The summed E-state index contributed by atoms with van der Waals surface area (Å²) in [5, 5.41) is 5.24. The number of anilines is 3. The van der Waals surface area contributed by atoms with E-state index in [1.807, 2.05) is 61.1 Å². The molecule has 0 N–H and O–H groups in total. The Morgan fingerprint density at radius 2 is 1.35 bits per heavy atom. The number of hydrogen-bond acceptors (Lipinski definition) is 3. The fraction of sp³-hybridized carbons (Fsp3) is 0.0833. The summed E-state index contributed by atoms with van der Waals surface area (Å²) in [7, 11) is 0. The molecule has 0 amide bonds. The standard InChI is InChI=1S/C48H34FN5/c1-48(2)37-18-8-11-21-40(37)53(31-14-4-3-5-15-31)46-43-34-17-7-10-20-39(34)54(42-22-12-13-25-50-42)41(43)29-36(44(46)48)45(49)30-23-24-32-33-16-6-9-19-38(33)52-27-26-51-47(52)35(32)28-30/h3-29,45H,1-2H3. The van der Waals surface area contributed by atoms with Gasteiger partial charge >= 0.3 is 0 Å². The number of imidazole rings is 1. The molecule has 0 saturated carbocycles. The lowest BCUT2D eigenvalue weighted by atomic mass is 9.70. The fourth-order valence-electron chi connectivity index (χ4n) is 9.16. The highest BCUT2D eigenvalue weighted by atomic mass is 19.1. The van der Waals surface area contributed by atoms with Gasteiger partial charge in [-0.1, -0.05) is 105 Å². The molecule has 258 valence electrons. The first-order valence-electron chi connectivity index (χ1n) is 18.4. The molecule has 0 radical (unpaired) electrons. The number of para-hydroxylation sites is 4. The van der Waals surface area contributed by atoms with Crippen molar-refractivity contribution in [3.63, 3.8) is 0 Å². The third-order valence-corrected chi connectivity index (χ3v) is 11.5. The van der Waals surface area contributed by atoms with Gasteiger partial charge in [0.1, 0.15) is 11.5 Å². The van der Waals surface area contributed by atoms with Crippen molar-refractivity contribution < 1.29 is 4.39 Å². The molecule has 0 bridgehead atoms. The van der Waals surface area contributed by atoms with Gasteiger partial charge in [0.2, 0.25) is 0 Å². The zero-order valence-electron chi connectivity index (χ0n) is 29.8. The lowest BCUT2D eigenvalue weighted by Crippen LogP contribution is -2.32. The van der Waals surface area contributed by atoms with Gasteiger partial charge in [0.15, 0.2) is 6.17 Å². The number of nitrogens with zero attached hydrogens (tertiary/aromatic N) is 5. The minimum absolute atomic E-state index is 0.553. The molecule has 0 aliphatic carbocycles. The van der Waals surface area contributed by atoms with Crippen molar-refractivity contribution in [3.05, 3.63) is 186 Å². The van der Waals surface area contributed by atoms with Crippen molar-refractivity contribution in [2.24, 2.45) is 0 Å². The van der Waals surface area contributed by atoms with Crippen LogP contribution in [0.15, 0.2) is 164 Å². The lowest BCUT2D eigenvalue weighted by Gasteiger charge is -2.44. The van der Waals surface area contributed by atoms with Crippen LogP contribution in [0.25, 0.3) is 54.9 Å². The summed E-state index contributed by atoms with van der Waals surface area (Å²) in [6.45, 7) is 4.49. The first-order valence-corrected chi connectivity index (χ1v) is 18.4. The molecule has 1 aliphatic rings. The largest absolute Gasteiger partial charge is 0.309 e. The number of halogens is 1. The second-order valence-corrected chi connectivity index (χ2v) is 14.7. The van der Waals surface area contributed by atoms with E-state index in [9.17, 15) is 0 Å². The second-order valence-electron chi connectivity index (χ2n) is 14.7. The molecule has 0 spiro atoms. The monoisotopic (exact) mass is 699 g/mol. The average Bonchev–Trinajstić information content (AvgIpc) is 3.85. The summed E-state index contributed by atoms with van der Waals surface area (Å²) < 4.78 is 22.6. The molecule has 4 aromatic heterocycles. The molecule has 11 rings (SSSR count). The third kappa shape index (κ3) is 4.19. The zero-order chi connectivity index (χ0) is 36.1. The van der Waals surface area contributed by atoms with Crippen LogP contribution in [0, 0.1) is 0 Å². The van der Waals surface area contributed by atoms with Crippen LogP contribution in [0.5, 0.6) is 0 Å². The van der Waals surface area contributed by atoms with Gasteiger partial charge in [-0.15, -0.1) is 0 Å². The summed E-state index contributed by atoms with van der Waals surface area (Å²) in [6.07, 6.45) is 4.17. The maximum absolute atomic E-state index is 18.3. The first-order chi connectivity index (χ1) is 26.5. The topological polar surface area (TPSA) is 38.4 Å². The molecule has 0 fully saturated rings. The van der Waals surface area contributed by atoms with Crippen molar-refractivity contribution in [1.82, 2.24) is 18.9 Å². The van der Waals surface area contributed by atoms with E-state index in [1.165, 1.54) is 0 Å². The number of rotatable bonds is 4. The SMILES string of the molecule is CC1(C)c2ccccc2N(c2ccccc2)c2c1c(C(F)c1ccc3c4ccccc4n4ccnc4c3c1)cc1c2c2ccccc2n1-c1ccccn1. The van der Waals surface area contributed by atoms with Crippen LogP contribution in [0.3, 0.4) is 0 Å². The number of fused-ring (bicyclic) bond motifs is 12. The summed E-state index contributed by atoms with van der Waals surface area (Å²) >= 11 is 0. The van der Waals surface area contributed by atoms with Gasteiger partial charge in [-0.2, -0.15) is 0 Å². The van der Waals surface area contributed by atoms with E-state index in [1.54, 1.807) is 0 Å². The molecule has 6 aromatic carbocycles. The van der Waals surface area contributed by atoms with E-state index in [-0.39, 0.29) is 0 Å². The molecule has 1 atom stereocenters. The molecule has 0 saturated heterocycles. The smallest absolute Gasteiger partial charge is 0.151 e. The van der Waals surface area contributed by atoms with Gasteiger partial charge in [-0.25, -0.2) is 14.4 Å². The summed E-state index contributed by atoms with van der Waals surface area (Å²) in [4.78, 5) is 12.0. The van der Waals surface area contributed by atoms with Gasteiger partial charge in [0, 0.05) is 51.2 Å². The number of aromatic nitrogens is 4.